The van der Waals surface area contributed by atoms with Crippen molar-refractivity contribution in [3.63, 3.8) is 0 Å². The van der Waals surface area contributed by atoms with Crippen LogP contribution in [0.5, 0.6) is 0 Å². The highest BCUT2D eigenvalue weighted by atomic mass is 32.2. The van der Waals surface area contributed by atoms with Crippen molar-refractivity contribution in [2.75, 3.05) is 11.5 Å². The van der Waals surface area contributed by atoms with Crippen molar-refractivity contribution in [3.05, 3.63) is 17.8 Å². The molecule has 0 aliphatic carbocycles. The van der Waals surface area contributed by atoms with Gasteiger partial charge in [-0.1, -0.05) is 13.3 Å². The molecule has 0 saturated heterocycles. The lowest BCUT2D eigenvalue weighted by Gasteiger charge is -2.05. The van der Waals surface area contributed by atoms with Crippen LogP contribution in [0.2, 0.25) is 0 Å². The molecule has 5 heteroatoms. The molecule has 82 valence electrons. The van der Waals surface area contributed by atoms with Crippen molar-refractivity contribution in [1.29, 1.82) is 0 Å². The highest BCUT2D eigenvalue weighted by Crippen LogP contribution is 2.26. The van der Waals surface area contributed by atoms with Crippen LogP contribution >= 0.6 is 11.8 Å². The van der Waals surface area contributed by atoms with Gasteiger partial charge in [0.15, 0.2) is 0 Å². The van der Waals surface area contributed by atoms with E-state index in [1.807, 2.05) is 0 Å². The number of nitrogens with zero attached hydrogens (tertiary/aromatic N) is 1. The summed E-state index contributed by atoms with van der Waals surface area (Å²) in [4.78, 5) is 14.9. The van der Waals surface area contributed by atoms with Crippen molar-refractivity contribution >= 4 is 23.4 Å². The largest absolute Gasteiger partial charge is 0.478 e. The Hall–Kier alpha value is -1.23. The normalized spacial score (nSPS) is 10.2. The Bertz CT molecular complexity index is 355. The third kappa shape index (κ3) is 3.13. The molecule has 0 saturated carbocycles. The minimum absolute atomic E-state index is 0.129. The van der Waals surface area contributed by atoms with Gasteiger partial charge in [0, 0.05) is 6.20 Å². The van der Waals surface area contributed by atoms with Gasteiger partial charge in [-0.15, -0.1) is 11.8 Å². The average Bonchev–Trinajstić information content (AvgIpc) is 2.20. The molecule has 0 aromatic carbocycles. The van der Waals surface area contributed by atoms with E-state index in [-0.39, 0.29) is 11.3 Å². The molecule has 15 heavy (non-hydrogen) atoms. The minimum Gasteiger partial charge on any atom is -0.478 e. The fourth-order valence-corrected chi connectivity index (χ4v) is 2.10. The van der Waals surface area contributed by atoms with Crippen LogP contribution in [0, 0.1) is 0 Å². The summed E-state index contributed by atoms with van der Waals surface area (Å²) in [5, 5.41) is 9.46. The second-order valence-corrected chi connectivity index (χ2v) is 4.17. The van der Waals surface area contributed by atoms with Gasteiger partial charge in [-0.25, -0.2) is 9.78 Å². The molecule has 0 aliphatic rings. The van der Waals surface area contributed by atoms with Gasteiger partial charge in [-0.3, -0.25) is 0 Å². The van der Waals surface area contributed by atoms with Gasteiger partial charge >= 0.3 is 5.97 Å². The van der Waals surface area contributed by atoms with Crippen LogP contribution < -0.4 is 5.73 Å². The van der Waals surface area contributed by atoms with E-state index >= 15 is 0 Å². The standard InChI is InChI=1S/C10H14N2O2S/c1-2-3-6-15-9-8(11)7(10(13)14)4-5-12-9/h4-5H,2-3,6,11H2,1H3,(H,13,14). The van der Waals surface area contributed by atoms with Gasteiger partial charge < -0.3 is 10.8 Å². The summed E-state index contributed by atoms with van der Waals surface area (Å²) in [5.41, 5.74) is 6.10. The maximum atomic E-state index is 10.8. The summed E-state index contributed by atoms with van der Waals surface area (Å²) >= 11 is 1.50. The second kappa shape index (κ2) is 5.60. The van der Waals surface area contributed by atoms with Gasteiger partial charge in [-0.05, 0) is 18.2 Å². The lowest BCUT2D eigenvalue weighted by atomic mass is 10.2. The molecule has 3 N–H and O–H groups in total. The van der Waals surface area contributed by atoms with Crippen molar-refractivity contribution in [1.82, 2.24) is 4.98 Å². The summed E-state index contributed by atoms with van der Waals surface area (Å²) in [5.74, 6) is -0.0937. The highest BCUT2D eigenvalue weighted by molar-refractivity contribution is 7.99. The Morgan fingerprint density at radius 1 is 1.67 bits per heavy atom. The number of hydrogen-bond acceptors (Lipinski definition) is 4. The van der Waals surface area contributed by atoms with Crippen LogP contribution in [0.15, 0.2) is 17.3 Å². The Morgan fingerprint density at radius 2 is 2.40 bits per heavy atom. The lowest BCUT2D eigenvalue weighted by Crippen LogP contribution is -2.04. The third-order valence-electron chi connectivity index (χ3n) is 1.92. The molecule has 0 atom stereocenters. The highest BCUT2D eigenvalue weighted by Gasteiger charge is 2.11. The molecular formula is C10H14N2O2S. The SMILES string of the molecule is CCCCSc1nccc(C(=O)O)c1N. The number of carboxylic acids is 1. The van der Waals surface area contributed by atoms with E-state index in [4.69, 9.17) is 10.8 Å². The number of hydrogen-bond donors (Lipinski definition) is 2. The van der Waals surface area contributed by atoms with Gasteiger partial charge in [0.05, 0.1) is 11.3 Å². The number of nitrogen functional groups attached to an aromatic ring is 1. The number of nitrogens with two attached hydrogens (primary N) is 1. The number of unbranched alkanes of at least 4 members (excludes halogenated alkanes) is 1. The van der Waals surface area contributed by atoms with Crippen LogP contribution in [-0.4, -0.2) is 21.8 Å². The summed E-state index contributed by atoms with van der Waals surface area (Å²) in [6.45, 7) is 2.10. The van der Waals surface area contributed by atoms with E-state index in [0.717, 1.165) is 18.6 Å². The van der Waals surface area contributed by atoms with E-state index in [1.54, 1.807) is 0 Å². The van der Waals surface area contributed by atoms with E-state index in [9.17, 15) is 4.79 Å². The summed E-state index contributed by atoms with van der Waals surface area (Å²) in [6, 6.07) is 1.42. The molecule has 0 amide bonds. The number of carboxylic acid groups (broad SMARTS) is 1. The molecule has 0 aliphatic heterocycles. The van der Waals surface area contributed by atoms with Gasteiger partial charge in [0.25, 0.3) is 0 Å². The Labute approximate surface area is 92.9 Å². The zero-order valence-corrected chi connectivity index (χ0v) is 9.38. The predicted octanol–water partition coefficient (Wildman–Crippen LogP) is 2.25. The smallest absolute Gasteiger partial charge is 0.337 e. The molecule has 1 aromatic rings. The Morgan fingerprint density at radius 3 is 3.00 bits per heavy atom. The van der Waals surface area contributed by atoms with E-state index in [2.05, 4.69) is 11.9 Å². The van der Waals surface area contributed by atoms with Crippen LogP contribution in [0.1, 0.15) is 30.1 Å². The number of aromatic carboxylic acids is 1. The maximum Gasteiger partial charge on any atom is 0.337 e. The van der Waals surface area contributed by atoms with Gasteiger partial charge in [-0.2, -0.15) is 0 Å². The lowest BCUT2D eigenvalue weighted by molar-refractivity contribution is 0.0697. The topological polar surface area (TPSA) is 76.2 Å². The number of anilines is 1. The van der Waals surface area contributed by atoms with Crippen molar-refractivity contribution in [2.45, 2.75) is 24.8 Å². The fourth-order valence-electron chi connectivity index (χ4n) is 1.07. The Kier molecular flexibility index (Phi) is 4.42. The molecule has 0 fully saturated rings. The number of pyridine rings is 1. The first-order valence-corrected chi connectivity index (χ1v) is 5.76. The minimum atomic E-state index is -1.01. The molecule has 0 radical (unpaired) electrons. The van der Waals surface area contributed by atoms with Crippen LogP contribution in [0.25, 0.3) is 0 Å². The number of thioether (sulfide) groups is 1. The third-order valence-corrected chi connectivity index (χ3v) is 3.01. The maximum absolute atomic E-state index is 10.8. The Balaban J connectivity index is 2.80. The van der Waals surface area contributed by atoms with Crippen LogP contribution in [0.3, 0.4) is 0 Å². The van der Waals surface area contributed by atoms with Gasteiger partial charge in [0.1, 0.15) is 5.03 Å². The zero-order chi connectivity index (χ0) is 11.3. The van der Waals surface area contributed by atoms with E-state index < -0.39 is 5.97 Å². The summed E-state index contributed by atoms with van der Waals surface area (Å²) < 4.78 is 0. The number of aromatic nitrogens is 1. The average molecular weight is 226 g/mol. The molecule has 0 unspecified atom stereocenters. The van der Waals surface area contributed by atoms with E-state index in [0.29, 0.717) is 5.03 Å². The predicted molar refractivity (Wildman–Crippen MR) is 61.2 cm³/mol. The van der Waals surface area contributed by atoms with Crippen molar-refractivity contribution in [3.8, 4) is 0 Å². The molecule has 1 aromatic heterocycles. The van der Waals surface area contributed by atoms with Crippen LogP contribution in [-0.2, 0) is 0 Å². The molecule has 0 spiro atoms. The van der Waals surface area contributed by atoms with E-state index in [1.165, 1.54) is 24.0 Å². The monoisotopic (exact) mass is 226 g/mol. The van der Waals surface area contributed by atoms with Crippen molar-refractivity contribution < 1.29 is 9.90 Å². The molecule has 1 rings (SSSR count). The summed E-state index contributed by atoms with van der Waals surface area (Å²) in [7, 11) is 0. The first-order valence-electron chi connectivity index (χ1n) is 4.77. The quantitative estimate of drug-likeness (QED) is 0.595. The zero-order valence-electron chi connectivity index (χ0n) is 8.56. The molecule has 1 heterocycles. The second-order valence-electron chi connectivity index (χ2n) is 3.08. The summed E-state index contributed by atoms with van der Waals surface area (Å²) in [6.07, 6.45) is 3.66. The molecular weight excluding hydrogens is 212 g/mol. The first-order chi connectivity index (χ1) is 7.16. The van der Waals surface area contributed by atoms with Crippen LogP contribution in [0.4, 0.5) is 5.69 Å². The molecule has 0 bridgehead atoms. The number of carbonyl (C=O) groups is 1. The van der Waals surface area contributed by atoms with Gasteiger partial charge in [0.2, 0.25) is 0 Å². The fraction of sp³-hybridized carbons (Fsp3) is 0.400. The number of rotatable bonds is 5. The molecule has 4 nitrogen and oxygen atoms in total. The first kappa shape index (κ1) is 11.8. The van der Waals surface area contributed by atoms with Crippen molar-refractivity contribution in [2.24, 2.45) is 0 Å².